The summed E-state index contributed by atoms with van der Waals surface area (Å²) < 4.78 is 0. The molecule has 0 aliphatic rings. The molecular weight excluding hydrogens is 284 g/mol. The Bertz CT molecular complexity index is 703. The van der Waals surface area contributed by atoms with Crippen LogP contribution >= 0.6 is 11.3 Å². The number of carbonyl (C=O) groups is 2. The van der Waals surface area contributed by atoms with Crippen LogP contribution in [0, 0.1) is 13.8 Å². The fourth-order valence-corrected chi connectivity index (χ4v) is 2.97. The fraction of sp³-hybridized carbons (Fsp3) is 0.125. The van der Waals surface area contributed by atoms with Crippen LogP contribution in [-0.2, 0) is 4.79 Å². The molecule has 0 bridgehead atoms. The molecule has 2 amide bonds. The second kappa shape index (κ2) is 6.37. The monoisotopic (exact) mass is 300 g/mol. The molecule has 0 atom stereocenters. The van der Waals surface area contributed by atoms with Gasteiger partial charge in [0, 0.05) is 11.0 Å². The van der Waals surface area contributed by atoms with Crippen molar-refractivity contribution < 1.29 is 9.59 Å². The molecule has 0 aliphatic heterocycles. The first kappa shape index (κ1) is 15.0. The molecule has 0 aliphatic carbocycles. The zero-order chi connectivity index (χ0) is 15.4. The highest BCUT2D eigenvalue weighted by molar-refractivity contribution is 7.16. The number of amides is 2. The molecule has 4 nitrogen and oxygen atoms in total. The smallest absolute Gasteiger partial charge is 0.251 e. The van der Waals surface area contributed by atoms with Gasteiger partial charge in [-0.2, -0.15) is 0 Å². The van der Waals surface area contributed by atoms with E-state index in [1.54, 1.807) is 6.08 Å². The van der Waals surface area contributed by atoms with Crippen molar-refractivity contribution in [2.45, 2.75) is 13.8 Å². The topological polar surface area (TPSA) is 72.2 Å². The Hall–Kier alpha value is -2.40. The third-order valence-electron chi connectivity index (χ3n) is 3.10. The number of thiophene rings is 1. The van der Waals surface area contributed by atoms with Gasteiger partial charge in [0.2, 0.25) is 5.91 Å². The molecule has 108 valence electrons. The van der Waals surface area contributed by atoms with Gasteiger partial charge < -0.3 is 11.1 Å². The van der Waals surface area contributed by atoms with Crippen LogP contribution in [-0.4, -0.2) is 11.8 Å². The van der Waals surface area contributed by atoms with Gasteiger partial charge in [-0.05, 0) is 31.1 Å². The molecule has 0 radical (unpaired) electrons. The Morgan fingerprint density at radius 3 is 2.48 bits per heavy atom. The van der Waals surface area contributed by atoms with Crippen LogP contribution in [0.25, 0.3) is 6.08 Å². The lowest BCUT2D eigenvalue weighted by atomic mass is 10.1. The van der Waals surface area contributed by atoms with Crippen molar-refractivity contribution in [2.24, 2.45) is 5.73 Å². The van der Waals surface area contributed by atoms with E-state index in [0.29, 0.717) is 10.6 Å². The van der Waals surface area contributed by atoms with Crippen LogP contribution in [0.3, 0.4) is 0 Å². The maximum Gasteiger partial charge on any atom is 0.251 e. The molecule has 2 aromatic rings. The highest BCUT2D eigenvalue weighted by Gasteiger charge is 2.18. The Kier molecular flexibility index (Phi) is 4.55. The van der Waals surface area contributed by atoms with Gasteiger partial charge in [0.05, 0.1) is 5.56 Å². The normalized spacial score (nSPS) is 10.8. The quantitative estimate of drug-likeness (QED) is 0.852. The van der Waals surface area contributed by atoms with Gasteiger partial charge in [-0.3, -0.25) is 9.59 Å². The first-order valence-electron chi connectivity index (χ1n) is 6.43. The number of anilines is 1. The van der Waals surface area contributed by atoms with Crippen LogP contribution in [0.5, 0.6) is 0 Å². The average Bonchev–Trinajstić information content (AvgIpc) is 2.72. The molecule has 2 rings (SSSR count). The molecule has 5 heteroatoms. The van der Waals surface area contributed by atoms with Gasteiger partial charge in [0.25, 0.3) is 5.91 Å². The Labute approximate surface area is 127 Å². The summed E-state index contributed by atoms with van der Waals surface area (Å²) in [5, 5.41) is 3.22. The summed E-state index contributed by atoms with van der Waals surface area (Å²) in [6.07, 6.45) is 3.15. The van der Waals surface area contributed by atoms with E-state index in [4.69, 9.17) is 5.73 Å². The number of hydrogen-bond donors (Lipinski definition) is 2. The predicted molar refractivity (Wildman–Crippen MR) is 86.4 cm³/mol. The maximum atomic E-state index is 11.9. The highest BCUT2D eigenvalue weighted by atomic mass is 32.1. The first-order valence-corrected chi connectivity index (χ1v) is 7.24. The summed E-state index contributed by atoms with van der Waals surface area (Å²) in [5.74, 6) is -0.818. The van der Waals surface area contributed by atoms with Gasteiger partial charge in [0.15, 0.2) is 0 Å². The molecule has 0 saturated carbocycles. The third-order valence-corrected chi connectivity index (χ3v) is 4.22. The van der Waals surface area contributed by atoms with Gasteiger partial charge in [0.1, 0.15) is 5.00 Å². The summed E-state index contributed by atoms with van der Waals surface area (Å²) >= 11 is 1.35. The molecule has 0 saturated heterocycles. The zero-order valence-corrected chi connectivity index (χ0v) is 12.7. The summed E-state index contributed by atoms with van der Waals surface area (Å²) in [4.78, 5) is 24.4. The van der Waals surface area contributed by atoms with E-state index in [0.717, 1.165) is 16.0 Å². The molecule has 0 spiro atoms. The number of primary amides is 1. The zero-order valence-electron chi connectivity index (χ0n) is 11.8. The molecule has 0 unspecified atom stereocenters. The molecular formula is C16H16N2O2S. The minimum atomic E-state index is -0.529. The minimum absolute atomic E-state index is 0.289. The van der Waals surface area contributed by atoms with E-state index in [2.05, 4.69) is 5.32 Å². The minimum Gasteiger partial charge on any atom is -0.365 e. The number of benzene rings is 1. The summed E-state index contributed by atoms with van der Waals surface area (Å²) in [5.41, 5.74) is 7.50. The molecule has 21 heavy (non-hydrogen) atoms. The lowest BCUT2D eigenvalue weighted by Gasteiger charge is -2.02. The van der Waals surface area contributed by atoms with E-state index in [9.17, 15) is 9.59 Å². The van der Waals surface area contributed by atoms with E-state index >= 15 is 0 Å². The van der Waals surface area contributed by atoms with Gasteiger partial charge in [-0.15, -0.1) is 11.3 Å². The molecule has 1 aromatic carbocycles. The second-order valence-corrected chi connectivity index (χ2v) is 5.81. The predicted octanol–water partition coefficient (Wildman–Crippen LogP) is 3.12. The van der Waals surface area contributed by atoms with Crippen LogP contribution in [0.2, 0.25) is 0 Å². The van der Waals surface area contributed by atoms with Crippen molar-refractivity contribution in [1.82, 2.24) is 0 Å². The first-order chi connectivity index (χ1) is 9.99. The number of nitrogens with one attached hydrogen (secondary N) is 1. The molecule has 0 fully saturated rings. The highest BCUT2D eigenvalue weighted by Crippen LogP contribution is 2.31. The lowest BCUT2D eigenvalue weighted by molar-refractivity contribution is -0.111. The van der Waals surface area contributed by atoms with E-state index in [-0.39, 0.29) is 5.91 Å². The van der Waals surface area contributed by atoms with E-state index in [1.807, 2.05) is 44.2 Å². The van der Waals surface area contributed by atoms with Crippen molar-refractivity contribution in [3.8, 4) is 0 Å². The van der Waals surface area contributed by atoms with Gasteiger partial charge in [-0.25, -0.2) is 0 Å². The lowest BCUT2D eigenvalue weighted by Crippen LogP contribution is -2.16. The second-order valence-electron chi connectivity index (χ2n) is 4.58. The molecule has 1 aromatic heterocycles. The summed E-state index contributed by atoms with van der Waals surface area (Å²) in [7, 11) is 0. The summed E-state index contributed by atoms with van der Waals surface area (Å²) in [6, 6.07) is 9.51. The van der Waals surface area contributed by atoms with Gasteiger partial charge >= 0.3 is 0 Å². The average molecular weight is 300 g/mol. The number of hydrogen-bond acceptors (Lipinski definition) is 3. The van der Waals surface area contributed by atoms with Crippen molar-refractivity contribution in [3.05, 3.63) is 58.0 Å². The number of rotatable bonds is 4. The Morgan fingerprint density at radius 1 is 1.19 bits per heavy atom. The van der Waals surface area contributed by atoms with Crippen LogP contribution in [0.1, 0.15) is 26.4 Å². The van der Waals surface area contributed by atoms with Gasteiger partial charge in [-0.1, -0.05) is 30.3 Å². The summed E-state index contributed by atoms with van der Waals surface area (Å²) in [6.45, 7) is 3.71. The number of nitrogens with two attached hydrogens (primary N) is 1. The molecule has 3 N–H and O–H groups in total. The standard InChI is InChI=1S/C16H16N2O2S/c1-10-11(2)21-16(14(10)15(17)20)18-13(19)9-8-12-6-4-3-5-7-12/h3-9H,1-2H3,(H2,17,20)(H,18,19). The van der Waals surface area contributed by atoms with Crippen molar-refractivity contribution in [1.29, 1.82) is 0 Å². The van der Waals surface area contributed by atoms with E-state index < -0.39 is 5.91 Å². The largest absolute Gasteiger partial charge is 0.365 e. The number of aryl methyl sites for hydroxylation is 1. The van der Waals surface area contributed by atoms with E-state index in [1.165, 1.54) is 17.4 Å². The number of carbonyl (C=O) groups excluding carboxylic acids is 2. The van der Waals surface area contributed by atoms with Crippen molar-refractivity contribution in [2.75, 3.05) is 5.32 Å². The Balaban J connectivity index is 2.15. The van der Waals surface area contributed by atoms with Crippen LogP contribution in [0.15, 0.2) is 36.4 Å². The van der Waals surface area contributed by atoms with Crippen molar-refractivity contribution >= 4 is 34.2 Å². The van der Waals surface area contributed by atoms with Crippen LogP contribution < -0.4 is 11.1 Å². The van der Waals surface area contributed by atoms with Crippen LogP contribution in [0.4, 0.5) is 5.00 Å². The van der Waals surface area contributed by atoms with Crippen molar-refractivity contribution in [3.63, 3.8) is 0 Å². The fourth-order valence-electron chi connectivity index (χ4n) is 1.90. The maximum absolute atomic E-state index is 11.9. The Morgan fingerprint density at radius 2 is 1.86 bits per heavy atom. The SMILES string of the molecule is Cc1sc(NC(=O)C=Cc2ccccc2)c(C(N)=O)c1C. The third kappa shape index (κ3) is 3.58. The molecule has 1 heterocycles.